The third-order valence-electron chi connectivity index (χ3n) is 2.27. The van der Waals surface area contributed by atoms with Gasteiger partial charge >= 0.3 is 0 Å². The van der Waals surface area contributed by atoms with Gasteiger partial charge in [0.2, 0.25) is 0 Å². The van der Waals surface area contributed by atoms with Crippen molar-refractivity contribution in [2.24, 2.45) is 0 Å². The van der Waals surface area contributed by atoms with Crippen LogP contribution < -0.4 is 0 Å². The average molecular weight is 256 g/mol. The molecule has 2 nitrogen and oxygen atoms in total. The first-order valence-electron chi connectivity index (χ1n) is 5.01. The lowest BCUT2D eigenvalue weighted by molar-refractivity contribution is 0.0899. The molecule has 0 bridgehead atoms. The number of hydrogen-bond acceptors (Lipinski definition) is 4. The van der Waals surface area contributed by atoms with Crippen LogP contribution >= 0.6 is 23.5 Å². The Bertz CT molecular complexity index is 323. The predicted molar refractivity (Wildman–Crippen MR) is 72.2 cm³/mol. The summed E-state index contributed by atoms with van der Waals surface area (Å²) in [5, 5.41) is 9.88. The first-order valence-corrected chi connectivity index (χ1v) is 7.58. The maximum atomic E-state index is 11.8. The Morgan fingerprint density at radius 1 is 1.25 bits per heavy atom. The van der Waals surface area contributed by atoms with Crippen molar-refractivity contribution in [1.29, 1.82) is 0 Å². The minimum atomic E-state index is -0.585. The highest BCUT2D eigenvalue weighted by Gasteiger charge is 2.20. The number of aliphatic hydroxyl groups excluding tert-OH is 1. The molecule has 1 rings (SSSR count). The van der Waals surface area contributed by atoms with Crippen LogP contribution in [0.4, 0.5) is 0 Å². The molecule has 0 aliphatic carbocycles. The van der Waals surface area contributed by atoms with Gasteiger partial charge in [-0.05, 0) is 12.5 Å². The van der Waals surface area contributed by atoms with Gasteiger partial charge in [0, 0.05) is 12.0 Å². The molecule has 0 radical (unpaired) electrons. The highest BCUT2D eigenvalue weighted by Crippen LogP contribution is 2.24. The van der Waals surface area contributed by atoms with Gasteiger partial charge in [-0.2, -0.15) is 0 Å². The Balaban J connectivity index is 2.58. The Labute approximate surface area is 105 Å². The van der Waals surface area contributed by atoms with Crippen LogP contribution in [0.3, 0.4) is 0 Å². The van der Waals surface area contributed by atoms with Gasteiger partial charge in [0.05, 0.1) is 10.7 Å². The molecule has 0 aliphatic heterocycles. The topological polar surface area (TPSA) is 37.3 Å². The van der Waals surface area contributed by atoms with Gasteiger partial charge in [0.25, 0.3) is 0 Å². The average Bonchev–Trinajstić information content (AvgIpc) is 2.31. The molecule has 0 fully saturated rings. The Morgan fingerprint density at radius 3 is 2.31 bits per heavy atom. The molecular weight excluding hydrogens is 240 g/mol. The van der Waals surface area contributed by atoms with Crippen molar-refractivity contribution in [3.8, 4) is 0 Å². The van der Waals surface area contributed by atoms with E-state index in [1.54, 1.807) is 35.7 Å². The van der Waals surface area contributed by atoms with E-state index in [9.17, 15) is 9.90 Å². The third kappa shape index (κ3) is 3.85. The largest absolute Gasteiger partial charge is 0.391 e. The molecule has 0 aromatic heterocycles. The molecule has 0 saturated carbocycles. The smallest absolute Gasteiger partial charge is 0.165 e. The van der Waals surface area contributed by atoms with Crippen molar-refractivity contribution < 1.29 is 9.90 Å². The van der Waals surface area contributed by atoms with Crippen LogP contribution in [0, 0.1) is 0 Å². The Morgan fingerprint density at radius 2 is 1.81 bits per heavy atom. The zero-order valence-electron chi connectivity index (χ0n) is 9.42. The van der Waals surface area contributed by atoms with Crippen LogP contribution in [-0.4, -0.2) is 34.1 Å². The quantitative estimate of drug-likeness (QED) is 0.627. The molecule has 16 heavy (non-hydrogen) atoms. The zero-order chi connectivity index (χ0) is 12.0. The molecule has 1 unspecified atom stereocenters. The number of Topliss-reactive ketones (excluding diaryl/α,β-unsaturated/α-hetero) is 1. The molecule has 4 heteroatoms. The number of carbonyl (C=O) groups excluding carboxylic acids is 1. The highest BCUT2D eigenvalue weighted by atomic mass is 32.2. The molecule has 88 valence electrons. The van der Waals surface area contributed by atoms with Crippen LogP contribution in [-0.2, 0) is 0 Å². The maximum Gasteiger partial charge on any atom is 0.165 e. The van der Waals surface area contributed by atoms with Crippen LogP contribution in [0.2, 0.25) is 0 Å². The van der Waals surface area contributed by atoms with Crippen LogP contribution in [0.5, 0.6) is 0 Å². The molecule has 1 aromatic carbocycles. The fourth-order valence-corrected chi connectivity index (χ4v) is 3.03. The van der Waals surface area contributed by atoms with Crippen LogP contribution in [0.25, 0.3) is 0 Å². The molecule has 1 aromatic rings. The van der Waals surface area contributed by atoms with Crippen molar-refractivity contribution in [2.75, 3.05) is 12.5 Å². The fraction of sp³-hybridized carbons (Fsp3) is 0.417. The number of ketones is 1. The molecular formula is C12H16O2S2. The molecule has 0 spiro atoms. The first kappa shape index (κ1) is 13.6. The third-order valence-corrected chi connectivity index (χ3v) is 4.98. The second-order valence-electron chi connectivity index (χ2n) is 3.40. The van der Waals surface area contributed by atoms with E-state index in [2.05, 4.69) is 0 Å². The fourth-order valence-electron chi connectivity index (χ4n) is 1.44. The van der Waals surface area contributed by atoms with Gasteiger partial charge < -0.3 is 5.11 Å². The summed E-state index contributed by atoms with van der Waals surface area (Å²) < 4.78 is 0.0627. The number of thioether (sulfide) groups is 2. The lowest BCUT2D eigenvalue weighted by atomic mass is 10.1. The summed E-state index contributed by atoms with van der Waals surface area (Å²) in [6.45, 7) is 0. The van der Waals surface area contributed by atoms with Crippen LogP contribution in [0.15, 0.2) is 30.3 Å². The summed E-state index contributed by atoms with van der Waals surface area (Å²) in [7, 11) is 0. The van der Waals surface area contributed by atoms with Crippen molar-refractivity contribution in [3.63, 3.8) is 0 Å². The van der Waals surface area contributed by atoms with Crippen LogP contribution in [0.1, 0.15) is 16.8 Å². The SMILES string of the molecule is CSC(SC)C(O)CC(=O)c1ccccc1. The summed E-state index contributed by atoms with van der Waals surface area (Å²) in [6, 6.07) is 9.10. The summed E-state index contributed by atoms with van der Waals surface area (Å²) >= 11 is 3.15. The summed E-state index contributed by atoms with van der Waals surface area (Å²) in [4.78, 5) is 11.8. The molecule has 0 saturated heterocycles. The molecule has 1 atom stereocenters. The number of hydrogen-bond donors (Lipinski definition) is 1. The minimum absolute atomic E-state index is 0.00111. The first-order chi connectivity index (χ1) is 7.69. The second-order valence-corrected chi connectivity index (χ2v) is 5.66. The van der Waals surface area contributed by atoms with E-state index in [-0.39, 0.29) is 16.8 Å². The highest BCUT2D eigenvalue weighted by molar-refractivity contribution is 8.16. The number of benzene rings is 1. The van der Waals surface area contributed by atoms with E-state index in [4.69, 9.17) is 0 Å². The van der Waals surface area contributed by atoms with E-state index in [0.29, 0.717) is 5.56 Å². The monoisotopic (exact) mass is 256 g/mol. The van der Waals surface area contributed by atoms with Gasteiger partial charge in [-0.3, -0.25) is 4.79 Å². The lowest BCUT2D eigenvalue weighted by Crippen LogP contribution is -2.23. The lowest BCUT2D eigenvalue weighted by Gasteiger charge is -2.18. The second kappa shape index (κ2) is 6.99. The van der Waals surface area contributed by atoms with Crippen molar-refractivity contribution in [3.05, 3.63) is 35.9 Å². The summed E-state index contributed by atoms with van der Waals surface area (Å²) in [5.74, 6) is 0.00111. The Hall–Kier alpha value is -0.450. The van der Waals surface area contributed by atoms with E-state index in [1.807, 2.05) is 30.7 Å². The number of aliphatic hydroxyl groups is 1. The zero-order valence-corrected chi connectivity index (χ0v) is 11.1. The molecule has 1 N–H and O–H groups in total. The van der Waals surface area contributed by atoms with E-state index >= 15 is 0 Å². The summed E-state index contributed by atoms with van der Waals surface area (Å²) in [5.41, 5.74) is 0.669. The molecule has 0 heterocycles. The van der Waals surface area contributed by atoms with E-state index in [1.165, 1.54) is 0 Å². The van der Waals surface area contributed by atoms with Crippen molar-refractivity contribution >= 4 is 29.3 Å². The van der Waals surface area contributed by atoms with Gasteiger partial charge in [-0.25, -0.2) is 0 Å². The summed E-state index contributed by atoms with van der Waals surface area (Å²) in [6.07, 6.45) is 3.49. The number of rotatable bonds is 6. The van der Waals surface area contributed by atoms with Gasteiger partial charge in [-0.1, -0.05) is 30.3 Å². The standard InChI is InChI=1S/C12H16O2S2/c1-15-12(16-2)11(14)8-10(13)9-6-4-3-5-7-9/h3-7,11-12,14H,8H2,1-2H3. The predicted octanol–water partition coefficient (Wildman–Crippen LogP) is 2.67. The van der Waals surface area contributed by atoms with E-state index < -0.39 is 6.10 Å². The minimum Gasteiger partial charge on any atom is -0.391 e. The van der Waals surface area contributed by atoms with Crippen molar-refractivity contribution in [2.45, 2.75) is 17.1 Å². The van der Waals surface area contributed by atoms with Gasteiger partial charge in [0.15, 0.2) is 5.78 Å². The maximum absolute atomic E-state index is 11.8. The molecule has 0 amide bonds. The van der Waals surface area contributed by atoms with E-state index in [0.717, 1.165) is 0 Å². The molecule has 0 aliphatic rings. The normalized spacial score (nSPS) is 12.8. The van der Waals surface area contributed by atoms with Gasteiger partial charge in [-0.15, -0.1) is 23.5 Å². The Kier molecular flexibility index (Phi) is 5.95. The number of carbonyl (C=O) groups is 1. The van der Waals surface area contributed by atoms with Gasteiger partial charge in [0.1, 0.15) is 0 Å². The van der Waals surface area contributed by atoms with Crippen molar-refractivity contribution in [1.82, 2.24) is 0 Å².